The predicted molar refractivity (Wildman–Crippen MR) is 97.2 cm³/mol. The van der Waals surface area contributed by atoms with E-state index in [1.807, 2.05) is 30.3 Å². The third-order valence-corrected chi connectivity index (χ3v) is 3.94. The Kier molecular flexibility index (Phi) is 5.66. The zero-order valence-corrected chi connectivity index (χ0v) is 14.4. The molecule has 3 rings (SSSR count). The van der Waals surface area contributed by atoms with Crippen LogP contribution in [-0.4, -0.2) is 6.36 Å². The maximum absolute atomic E-state index is 12.6. The smallest absolute Gasteiger partial charge is 0.489 e. The van der Waals surface area contributed by atoms with Crippen LogP contribution in [0.3, 0.4) is 0 Å². The summed E-state index contributed by atoms with van der Waals surface area (Å²) in [5.74, 6) is 0.338. The molecular formula is C21H18F3NO2. The summed E-state index contributed by atoms with van der Waals surface area (Å²) in [6, 6.07) is 20.8. The first-order chi connectivity index (χ1) is 13.0. The maximum Gasteiger partial charge on any atom is 0.573 e. The summed E-state index contributed by atoms with van der Waals surface area (Å²) in [6.45, 7) is 0.571. The SMILES string of the molecule is NCc1cc(-c2ccccc2OC(F)(F)F)ccc1OCc1ccccc1. The van der Waals surface area contributed by atoms with Crippen LogP contribution in [0.1, 0.15) is 11.1 Å². The minimum atomic E-state index is -4.76. The van der Waals surface area contributed by atoms with Gasteiger partial charge in [0.15, 0.2) is 0 Å². The van der Waals surface area contributed by atoms with Crippen molar-refractivity contribution in [2.75, 3.05) is 0 Å². The lowest BCUT2D eigenvalue weighted by molar-refractivity contribution is -0.274. The van der Waals surface area contributed by atoms with Gasteiger partial charge in [0.2, 0.25) is 0 Å². The molecule has 0 bridgehead atoms. The van der Waals surface area contributed by atoms with Crippen molar-refractivity contribution in [2.24, 2.45) is 5.73 Å². The predicted octanol–water partition coefficient (Wildman–Crippen LogP) is 5.29. The van der Waals surface area contributed by atoms with E-state index in [-0.39, 0.29) is 12.3 Å². The van der Waals surface area contributed by atoms with E-state index in [4.69, 9.17) is 10.5 Å². The molecule has 0 saturated carbocycles. The van der Waals surface area contributed by atoms with Crippen LogP contribution in [-0.2, 0) is 13.2 Å². The minimum absolute atomic E-state index is 0.195. The van der Waals surface area contributed by atoms with Gasteiger partial charge in [0.1, 0.15) is 18.1 Å². The Balaban J connectivity index is 1.86. The Morgan fingerprint density at radius 1 is 0.815 bits per heavy atom. The van der Waals surface area contributed by atoms with E-state index in [2.05, 4.69) is 4.74 Å². The quantitative estimate of drug-likeness (QED) is 0.639. The summed E-state index contributed by atoms with van der Waals surface area (Å²) in [6.07, 6.45) is -4.76. The first kappa shape index (κ1) is 18.8. The van der Waals surface area contributed by atoms with E-state index in [0.717, 1.165) is 5.56 Å². The molecular weight excluding hydrogens is 355 g/mol. The van der Waals surface area contributed by atoms with Gasteiger partial charge in [0, 0.05) is 17.7 Å². The molecule has 0 aromatic heterocycles. The van der Waals surface area contributed by atoms with Crippen molar-refractivity contribution in [1.82, 2.24) is 0 Å². The molecule has 3 aromatic carbocycles. The molecule has 0 aliphatic carbocycles. The van der Waals surface area contributed by atoms with Crippen molar-refractivity contribution in [2.45, 2.75) is 19.5 Å². The number of hydrogen-bond acceptors (Lipinski definition) is 3. The Morgan fingerprint density at radius 2 is 1.52 bits per heavy atom. The fourth-order valence-electron chi connectivity index (χ4n) is 2.70. The Morgan fingerprint density at radius 3 is 2.22 bits per heavy atom. The van der Waals surface area contributed by atoms with E-state index in [1.54, 1.807) is 30.3 Å². The lowest BCUT2D eigenvalue weighted by atomic mass is 10.0. The molecule has 0 unspecified atom stereocenters. The molecule has 0 aliphatic rings. The number of halogens is 3. The lowest BCUT2D eigenvalue weighted by Gasteiger charge is -2.15. The number of para-hydroxylation sites is 1. The molecule has 0 radical (unpaired) electrons. The fourth-order valence-corrected chi connectivity index (χ4v) is 2.70. The molecule has 3 nitrogen and oxygen atoms in total. The molecule has 0 atom stereocenters. The lowest BCUT2D eigenvalue weighted by Crippen LogP contribution is -2.17. The van der Waals surface area contributed by atoms with E-state index in [0.29, 0.717) is 29.0 Å². The van der Waals surface area contributed by atoms with Crippen molar-refractivity contribution in [3.05, 3.63) is 83.9 Å². The molecule has 2 N–H and O–H groups in total. The molecule has 0 aliphatic heterocycles. The van der Waals surface area contributed by atoms with Gasteiger partial charge in [0.25, 0.3) is 0 Å². The molecule has 3 aromatic rings. The summed E-state index contributed by atoms with van der Waals surface area (Å²) >= 11 is 0. The van der Waals surface area contributed by atoms with Crippen LogP contribution in [0.2, 0.25) is 0 Å². The third kappa shape index (κ3) is 5.01. The number of benzene rings is 3. The van der Waals surface area contributed by atoms with Crippen LogP contribution in [0.4, 0.5) is 13.2 Å². The topological polar surface area (TPSA) is 44.5 Å². The van der Waals surface area contributed by atoms with Crippen LogP contribution in [0.25, 0.3) is 11.1 Å². The number of ether oxygens (including phenoxy) is 2. The Hall–Kier alpha value is -2.99. The van der Waals surface area contributed by atoms with Gasteiger partial charge in [-0.1, -0.05) is 54.6 Å². The maximum atomic E-state index is 12.6. The van der Waals surface area contributed by atoms with Gasteiger partial charge in [-0.15, -0.1) is 13.2 Å². The molecule has 6 heteroatoms. The first-order valence-corrected chi connectivity index (χ1v) is 8.31. The van der Waals surface area contributed by atoms with E-state index < -0.39 is 6.36 Å². The summed E-state index contributed by atoms with van der Waals surface area (Å²) in [7, 11) is 0. The van der Waals surface area contributed by atoms with Crippen LogP contribution in [0.5, 0.6) is 11.5 Å². The molecule has 140 valence electrons. The summed E-state index contributed by atoms with van der Waals surface area (Å²) in [4.78, 5) is 0. The normalized spacial score (nSPS) is 11.3. The molecule has 0 spiro atoms. The highest BCUT2D eigenvalue weighted by atomic mass is 19.4. The van der Waals surface area contributed by atoms with Gasteiger partial charge >= 0.3 is 6.36 Å². The van der Waals surface area contributed by atoms with E-state index in [9.17, 15) is 13.2 Å². The van der Waals surface area contributed by atoms with Crippen molar-refractivity contribution in [3.8, 4) is 22.6 Å². The first-order valence-electron chi connectivity index (χ1n) is 8.31. The van der Waals surface area contributed by atoms with Crippen molar-refractivity contribution < 1.29 is 22.6 Å². The van der Waals surface area contributed by atoms with E-state index >= 15 is 0 Å². The second kappa shape index (κ2) is 8.14. The highest BCUT2D eigenvalue weighted by Crippen LogP contribution is 2.35. The molecule has 0 heterocycles. The average Bonchev–Trinajstić information content (AvgIpc) is 2.66. The monoisotopic (exact) mass is 373 g/mol. The fraction of sp³-hybridized carbons (Fsp3) is 0.143. The van der Waals surface area contributed by atoms with Crippen molar-refractivity contribution >= 4 is 0 Å². The average molecular weight is 373 g/mol. The molecule has 0 amide bonds. The Bertz CT molecular complexity index is 895. The third-order valence-electron chi connectivity index (χ3n) is 3.94. The number of rotatable bonds is 6. The van der Waals surface area contributed by atoms with Crippen LogP contribution in [0.15, 0.2) is 72.8 Å². The van der Waals surface area contributed by atoms with Gasteiger partial charge in [-0.05, 0) is 29.3 Å². The molecule has 27 heavy (non-hydrogen) atoms. The minimum Gasteiger partial charge on any atom is -0.489 e. The van der Waals surface area contributed by atoms with Crippen LogP contribution in [0, 0.1) is 0 Å². The summed E-state index contributed by atoms with van der Waals surface area (Å²) in [5.41, 5.74) is 8.43. The van der Waals surface area contributed by atoms with Crippen molar-refractivity contribution in [1.29, 1.82) is 0 Å². The number of hydrogen-bond donors (Lipinski definition) is 1. The summed E-state index contributed by atoms with van der Waals surface area (Å²) < 4.78 is 47.9. The zero-order chi connectivity index (χ0) is 19.3. The van der Waals surface area contributed by atoms with Gasteiger partial charge in [-0.25, -0.2) is 0 Å². The van der Waals surface area contributed by atoms with Crippen LogP contribution >= 0.6 is 0 Å². The highest BCUT2D eigenvalue weighted by Gasteiger charge is 2.32. The van der Waals surface area contributed by atoms with Gasteiger partial charge in [0.05, 0.1) is 0 Å². The zero-order valence-electron chi connectivity index (χ0n) is 14.4. The van der Waals surface area contributed by atoms with E-state index in [1.165, 1.54) is 12.1 Å². The number of nitrogens with two attached hydrogens (primary N) is 1. The highest BCUT2D eigenvalue weighted by molar-refractivity contribution is 5.72. The summed E-state index contributed by atoms with van der Waals surface area (Å²) in [5, 5.41) is 0. The molecule has 0 fully saturated rings. The molecule has 0 saturated heterocycles. The van der Waals surface area contributed by atoms with Crippen LogP contribution < -0.4 is 15.2 Å². The second-order valence-corrected chi connectivity index (χ2v) is 5.84. The van der Waals surface area contributed by atoms with Gasteiger partial charge in [-0.3, -0.25) is 0 Å². The Labute approximate surface area is 155 Å². The van der Waals surface area contributed by atoms with Crippen molar-refractivity contribution in [3.63, 3.8) is 0 Å². The number of alkyl halides is 3. The largest absolute Gasteiger partial charge is 0.573 e. The van der Waals surface area contributed by atoms with Gasteiger partial charge < -0.3 is 15.2 Å². The van der Waals surface area contributed by atoms with Gasteiger partial charge in [-0.2, -0.15) is 0 Å². The second-order valence-electron chi connectivity index (χ2n) is 5.84. The standard InChI is InChI=1S/C21H18F3NO2/c22-21(23,24)27-20-9-5-4-8-18(20)16-10-11-19(17(12-16)13-25)26-14-15-6-2-1-3-7-15/h1-12H,13-14,25H2.